The van der Waals surface area contributed by atoms with E-state index in [0.29, 0.717) is 12.8 Å². The molecule has 5 aliphatic rings. The number of ketones is 2. The zero-order valence-electron chi connectivity index (χ0n) is 17.3. The summed E-state index contributed by atoms with van der Waals surface area (Å²) in [5.74, 6) is 0.00833. The highest BCUT2D eigenvalue weighted by Crippen LogP contribution is 2.69. The molecule has 0 aromatic heterocycles. The lowest BCUT2D eigenvalue weighted by atomic mass is 9.46. The number of aliphatic hydroxyl groups excluding tert-OH is 2. The van der Waals surface area contributed by atoms with Crippen molar-refractivity contribution in [3.63, 3.8) is 0 Å². The third-order valence-electron chi connectivity index (χ3n) is 8.92. The molecule has 1 heterocycles. The van der Waals surface area contributed by atoms with Crippen molar-refractivity contribution in [3.05, 3.63) is 23.8 Å². The molecule has 2 N–H and O–H groups in total. The minimum Gasteiger partial charge on any atom is -0.393 e. The Morgan fingerprint density at radius 1 is 1.34 bits per heavy atom. The Balaban J connectivity index is 1.59. The van der Waals surface area contributed by atoms with Crippen molar-refractivity contribution in [2.75, 3.05) is 6.61 Å². The first kappa shape index (κ1) is 19.6. The number of ether oxygens (including phenoxy) is 2. The summed E-state index contributed by atoms with van der Waals surface area (Å²) in [6.45, 7) is 5.37. The van der Waals surface area contributed by atoms with Gasteiger partial charge in [-0.05, 0) is 56.6 Å². The van der Waals surface area contributed by atoms with Gasteiger partial charge in [0.25, 0.3) is 0 Å². The monoisotopic (exact) mass is 402 g/mol. The molecule has 0 amide bonds. The predicted octanol–water partition coefficient (Wildman–Crippen LogP) is 1.94. The van der Waals surface area contributed by atoms with Crippen LogP contribution in [0.3, 0.4) is 0 Å². The number of carbonyl (C=O) groups excluding carboxylic acids is 2. The maximum atomic E-state index is 13.0. The van der Waals surface area contributed by atoms with Crippen LogP contribution in [-0.2, 0) is 19.1 Å². The first-order chi connectivity index (χ1) is 13.7. The van der Waals surface area contributed by atoms with Gasteiger partial charge in [0.1, 0.15) is 6.61 Å². The van der Waals surface area contributed by atoms with Crippen LogP contribution < -0.4 is 0 Å². The summed E-state index contributed by atoms with van der Waals surface area (Å²) in [6.07, 6.45) is 6.61. The number of hydrogen-bond acceptors (Lipinski definition) is 6. The first-order valence-electron chi connectivity index (χ1n) is 10.8. The highest BCUT2D eigenvalue weighted by atomic mass is 16.7. The minimum absolute atomic E-state index is 0.0116. The van der Waals surface area contributed by atoms with Crippen LogP contribution in [-0.4, -0.2) is 52.5 Å². The fourth-order valence-corrected chi connectivity index (χ4v) is 7.86. The van der Waals surface area contributed by atoms with Crippen molar-refractivity contribution >= 4 is 11.6 Å². The van der Waals surface area contributed by atoms with Crippen LogP contribution in [0.15, 0.2) is 23.8 Å². The second-order valence-corrected chi connectivity index (χ2v) is 10.1. The van der Waals surface area contributed by atoms with Crippen LogP contribution in [0.2, 0.25) is 0 Å². The summed E-state index contributed by atoms with van der Waals surface area (Å²) in [4.78, 5) is 25.0. The Morgan fingerprint density at radius 2 is 2.10 bits per heavy atom. The molecule has 29 heavy (non-hydrogen) atoms. The molecule has 0 spiro atoms. The van der Waals surface area contributed by atoms with Crippen molar-refractivity contribution in [3.8, 4) is 0 Å². The molecule has 0 bridgehead atoms. The minimum atomic E-state index is -1.20. The fourth-order valence-electron chi connectivity index (χ4n) is 7.86. The molecule has 158 valence electrons. The topological polar surface area (TPSA) is 93.1 Å². The maximum Gasteiger partial charge on any atom is 0.193 e. The number of rotatable bonds is 2. The summed E-state index contributed by atoms with van der Waals surface area (Å²) in [5, 5.41) is 21.2. The van der Waals surface area contributed by atoms with Gasteiger partial charge in [0.15, 0.2) is 23.5 Å². The highest BCUT2D eigenvalue weighted by Gasteiger charge is 2.75. The summed E-state index contributed by atoms with van der Waals surface area (Å²) in [7, 11) is 0. The average molecular weight is 402 g/mol. The van der Waals surface area contributed by atoms with Gasteiger partial charge in [0.05, 0.1) is 12.2 Å². The molecule has 9 unspecified atom stereocenters. The third kappa shape index (κ3) is 2.26. The fraction of sp³-hybridized carbons (Fsp3) is 0.739. The highest BCUT2D eigenvalue weighted by molar-refractivity contribution is 6.01. The molecule has 5 rings (SSSR count). The standard InChI is InChI=1S/C23H30O6/c1-12-28-19-9-16-15-5-4-13-8-14(25)6-7-21(13,2)20(15)17(26)10-22(16,3)23(19,29-12)18(27)11-24/h6-8,12,15-17,19-20,24,26H,4-5,9-11H2,1-3H3. The van der Waals surface area contributed by atoms with Gasteiger partial charge < -0.3 is 19.7 Å². The molecular formula is C23H30O6. The summed E-state index contributed by atoms with van der Waals surface area (Å²) >= 11 is 0. The second-order valence-electron chi connectivity index (χ2n) is 10.1. The molecule has 4 aliphatic carbocycles. The third-order valence-corrected chi connectivity index (χ3v) is 8.92. The van der Waals surface area contributed by atoms with Crippen molar-refractivity contribution in [2.45, 2.75) is 70.6 Å². The van der Waals surface area contributed by atoms with Crippen LogP contribution in [0, 0.1) is 28.6 Å². The molecule has 4 fully saturated rings. The molecule has 0 radical (unpaired) electrons. The van der Waals surface area contributed by atoms with E-state index >= 15 is 0 Å². The number of Topliss-reactive ketones (excluding diaryl/α,β-unsaturated/α-hetero) is 1. The molecule has 0 aromatic rings. The SMILES string of the molecule is CC1OC2CC3C4CCC5=CC(=O)C=CC5(C)C4C(O)CC3(C)C2(C(=O)CO)O1. The Kier molecular flexibility index (Phi) is 4.12. The van der Waals surface area contributed by atoms with Crippen LogP contribution >= 0.6 is 0 Å². The molecule has 6 heteroatoms. The van der Waals surface area contributed by atoms with Gasteiger partial charge in [0, 0.05) is 16.7 Å². The van der Waals surface area contributed by atoms with E-state index in [1.807, 2.05) is 13.0 Å². The number of fused-ring (bicyclic) bond motifs is 7. The van der Waals surface area contributed by atoms with E-state index in [4.69, 9.17) is 9.47 Å². The number of hydrogen-bond donors (Lipinski definition) is 2. The van der Waals surface area contributed by atoms with Crippen LogP contribution in [0.4, 0.5) is 0 Å². The summed E-state index contributed by atoms with van der Waals surface area (Å²) in [6, 6.07) is 0. The zero-order valence-corrected chi connectivity index (χ0v) is 17.3. The first-order valence-corrected chi connectivity index (χ1v) is 10.8. The second kappa shape index (κ2) is 6.10. The number of allylic oxidation sites excluding steroid dienone is 4. The van der Waals surface area contributed by atoms with E-state index in [9.17, 15) is 19.8 Å². The smallest absolute Gasteiger partial charge is 0.193 e. The van der Waals surface area contributed by atoms with Crippen LogP contribution in [0.5, 0.6) is 0 Å². The van der Waals surface area contributed by atoms with E-state index in [1.165, 1.54) is 0 Å². The van der Waals surface area contributed by atoms with Crippen molar-refractivity contribution in [1.29, 1.82) is 0 Å². The molecule has 9 atom stereocenters. The van der Waals surface area contributed by atoms with Gasteiger partial charge in [-0.25, -0.2) is 0 Å². The van der Waals surface area contributed by atoms with Gasteiger partial charge in [0.2, 0.25) is 0 Å². The number of aliphatic hydroxyl groups is 2. The lowest BCUT2D eigenvalue weighted by Gasteiger charge is -2.59. The van der Waals surface area contributed by atoms with Gasteiger partial charge in [-0.3, -0.25) is 9.59 Å². The Morgan fingerprint density at radius 3 is 2.83 bits per heavy atom. The molecule has 6 nitrogen and oxygen atoms in total. The lowest BCUT2D eigenvalue weighted by molar-refractivity contribution is -0.197. The van der Waals surface area contributed by atoms with Gasteiger partial charge in [-0.1, -0.05) is 25.5 Å². The van der Waals surface area contributed by atoms with Crippen molar-refractivity contribution in [2.24, 2.45) is 28.6 Å². The van der Waals surface area contributed by atoms with Crippen LogP contribution in [0.1, 0.15) is 46.5 Å². The molecule has 1 saturated heterocycles. The lowest BCUT2D eigenvalue weighted by Crippen LogP contribution is -2.63. The molecule has 1 aliphatic heterocycles. The molecular weight excluding hydrogens is 372 g/mol. The van der Waals surface area contributed by atoms with E-state index in [0.717, 1.165) is 18.4 Å². The Hall–Kier alpha value is -1.34. The largest absolute Gasteiger partial charge is 0.393 e. The maximum absolute atomic E-state index is 13.0. The van der Waals surface area contributed by atoms with Gasteiger partial charge in [-0.15, -0.1) is 0 Å². The normalized spacial score (nSPS) is 53.0. The average Bonchev–Trinajstić information content (AvgIpc) is 3.12. The van der Waals surface area contributed by atoms with Gasteiger partial charge >= 0.3 is 0 Å². The van der Waals surface area contributed by atoms with Gasteiger partial charge in [-0.2, -0.15) is 0 Å². The molecule has 3 saturated carbocycles. The quantitative estimate of drug-likeness (QED) is 0.733. The van der Waals surface area contributed by atoms with Crippen molar-refractivity contribution in [1.82, 2.24) is 0 Å². The van der Waals surface area contributed by atoms with Crippen LogP contribution in [0.25, 0.3) is 0 Å². The van der Waals surface area contributed by atoms with E-state index < -0.39 is 36.1 Å². The number of carbonyl (C=O) groups is 2. The van der Waals surface area contributed by atoms with E-state index in [2.05, 4.69) is 6.92 Å². The van der Waals surface area contributed by atoms with E-state index in [1.54, 1.807) is 19.1 Å². The van der Waals surface area contributed by atoms with E-state index in [-0.39, 0.29) is 34.7 Å². The molecule has 0 aromatic carbocycles. The predicted molar refractivity (Wildman–Crippen MR) is 104 cm³/mol. The summed E-state index contributed by atoms with van der Waals surface area (Å²) in [5.41, 5.74) is -1.05. The zero-order chi connectivity index (χ0) is 20.8. The summed E-state index contributed by atoms with van der Waals surface area (Å²) < 4.78 is 12.2. The van der Waals surface area contributed by atoms with Crippen molar-refractivity contribution < 1.29 is 29.3 Å². The Labute approximate surface area is 170 Å². The Bertz CT molecular complexity index is 831.